The van der Waals surface area contributed by atoms with Gasteiger partial charge in [-0.2, -0.15) is 0 Å². The van der Waals surface area contributed by atoms with Crippen LogP contribution in [0.5, 0.6) is 0 Å². The van der Waals surface area contributed by atoms with Gasteiger partial charge >= 0.3 is 5.97 Å². The van der Waals surface area contributed by atoms with E-state index < -0.39 is 29.0 Å². The summed E-state index contributed by atoms with van der Waals surface area (Å²) in [5.41, 5.74) is -2.46. The summed E-state index contributed by atoms with van der Waals surface area (Å²) in [5.74, 6) is -0.503. The lowest BCUT2D eigenvalue weighted by atomic mass is 9.80. The monoisotopic (exact) mass is 774 g/mol. The smallest absolute Gasteiger partial charge is 0.331 e. The SMILES string of the molecule is CCC/C=C\C=C\C(=O)O[C@H]1/C(C)=C\[C@@H]2C(C[C@@H](C)[C@@H]2O)C(=O)/C(C)=C/[C@@H]2[C@H]1C2(C)C.C[C@@H]1C[C@@H]2[C@H](CC[C@](C)(O)/C=C3/C(=O)[C@@]4(C)O[C@H]4[C@@]3(O)C1=O)C2(C)C. The molecule has 1 heterocycles. The number of fused-ring (bicyclic) bond motifs is 6. The molecule has 7 rings (SSSR count). The van der Waals surface area contributed by atoms with Gasteiger partial charge in [0.25, 0.3) is 0 Å². The molecule has 0 aromatic heterocycles. The lowest BCUT2D eigenvalue weighted by Crippen LogP contribution is -2.48. The van der Waals surface area contributed by atoms with Crippen molar-refractivity contribution in [2.24, 2.45) is 58.2 Å². The molecule has 56 heavy (non-hydrogen) atoms. The van der Waals surface area contributed by atoms with Crippen molar-refractivity contribution in [3.05, 3.63) is 59.3 Å². The van der Waals surface area contributed by atoms with E-state index in [4.69, 9.17) is 9.47 Å². The fraction of sp³-hybridized carbons (Fsp3) is 0.702. The van der Waals surface area contributed by atoms with Crippen LogP contribution in [0.25, 0.3) is 0 Å². The summed E-state index contributed by atoms with van der Waals surface area (Å²) in [6, 6.07) is 0. The molecule has 7 aliphatic rings. The van der Waals surface area contributed by atoms with E-state index in [1.54, 1.807) is 19.9 Å². The van der Waals surface area contributed by atoms with Crippen LogP contribution in [-0.2, 0) is 28.7 Å². The summed E-state index contributed by atoms with van der Waals surface area (Å²) >= 11 is 0. The highest BCUT2D eigenvalue weighted by Gasteiger charge is 2.79. The molecular weight excluding hydrogens is 709 g/mol. The van der Waals surface area contributed by atoms with Crippen LogP contribution in [0.15, 0.2) is 59.3 Å². The number of hydrogen-bond donors (Lipinski definition) is 3. The van der Waals surface area contributed by atoms with Crippen molar-refractivity contribution in [3.63, 3.8) is 0 Å². The van der Waals surface area contributed by atoms with E-state index in [1.165, 1.54) is 12.2 Å². The first-order valence-corrected chi connectivity index (χ1v) is 21.0. The average molecular weight is 775 g/mol. The van der Waals surface area contributed by atoms with Gasteiger partial charge in [0.05, 0.1) is 11.7 Å². The van der Waals surface area contributed by atoms with Crippen LogP contribution in [0.3, 0.4) is 0 Å². The summed E-state index contributed by atoms with van der Waals surface area (Å²) in [4.78, 5) is 51.7. The number of epoxide rings is 1. The second kappa shape index (κ2) is 14.7. The van der Waals surface area contributed by atoms with Gasteiger partial charge in [-0.3, -0.25) is 14.4 Å². The summed E-state index contributed by atoms with van der Waals surface area (Å²) in [6.07, 6.45) is 15.7. The number of aliphatic hydroxyl groups excluding tert-OH is 1. The number of allylic oxidation sites excluding steroid dienone is 5. The average Bonchev–Trinajstić information content (AvgIpc) is 4.02. The third-order valence-electron chi connectivity index (χ3n) is 15.1. The molecule has 3 N–H and O–H groups in total. The Morgan fingerprint density at radius 3 is 2.30 bits per heavy atom. The minimum atomic E-state index is -1.94. The van der Waals surface area contributed by atoms with Crippen LogP contribution in [0.2, 0.25) is 0 Å². The number of aliphatic hydroxyl groups is 3. The second-order valence-electron chi connectivity index (χ2n) is 20.0. The Morgan fingerprint density at radius 1 is 0.964 bits per heavy atom. The van der Waals surface area contributed by atoms with E-state index in [-0.39, 0.29) is 81.3 Å². The van der Waals surface area contributed by atoms with Crippen LogP contribution in [0.1, 0.15) is 115 Å². The van der Waals surface area contributed by atoms with Crippen LogP contribution < -0.4 is 0 Å². The molecule has 14 atom stereocenters. The van der Waals surface area contributed by atoms with E-state index >= 15 is 0 Å². The van der Waals surface area contributed by atoms with E-state index in [9.17, 15) is 34.5 Å². The summed E-state index contributed by atoms with van der Waals surface area (Å²) < 4.78 is 11.4. The Labute approximate surface area is 333 Å². The molecule has 6 aliphatic carbocycles. The zero-order valence-corrected chi connectivity index (χ0v) is 35.4. The molecule has 0 aromatic carbocycles. The Kier molecular flexibility index (Phi) is 11.2. The normalized spacial score (nSPS) is 47.5. The van der Waals surface area contributed by atoms with Crippen molar-refractivity contribution in [3.8, 4) is 0 Å². The molecule has 0 aromatic rings. The molecule has 0 amide bonds. The zero-order chi connectivity index (χ0) is 41.5. The standard InChI is InChI=1S/C27H38O4.C20H28O5/c1-7-8-9-10-11-12-22(28)31-26-18(4)14-20-19(13-16(2)24(20)29)25(30)17(3)15-21-23(26)27(21,5)6;1-10-8-12-11(17(12,2)3)6-7-18(4,23)9-13-15(22)19(5)16(25-19)20(13,24)14(10)21/h9-12,14-16,19-21,23-24,26,29H,7-8,13H2,1-6H3;9-12,16,23-24H,6-8H2,1-5H3/b10-9-,12-11+,17-15+,18-14-;13-9-/t16-,19?,20-,21-,23-,24+,26+;10-,11+,12-,16-,18+,19-,20+/m11/s1. The minimum Gasteiger partial charge on any atom is -0.454 e. The third-order valence-corrected chi connectivity index (χ3v) is 15.1. The first-order valence-electron chi connectivity index (χ1n) is 21.0. The van der Waals surface area contributed by atoms with Crippen molar-refractivity contribution in [1.29, 1.82) is 0 Å². The molecule has 1 saturated heterocycles. The number of rotatable bonds is 5. The number of esters is 1. The highest BCUT2D eigenvalue weighted by atomic mass is 16.6. The Hall–Kier alpha value is -2.98. The van der Waals surface area contributed by atoms with Crippen LogP contribution in [0, 0.1) is 58.2 Å². The van der Waals surface area contributed by atoms with Crippen LogP contribution in [0.4, 0.5) is 0 Å². The maximum absolute atomic E-state index is 13.2. The van der Waals surface area contributed by atoms with Gasteiger partial charge in [0.1, 0.15) is 12.2 Å². The summed E-state index contributed by atoms with van der Waals surface area (Å²) in [7, 11) is 0. The van der Waals surface area contributed by atoms with Crippen LogP contribution >= 0.6 is 0 Å². The van der Waals surface area contributed by atoms with Gasteiger partial charge in [-0.25, -0.2) is 4.79 Å². The van der Waals surface area contributed by atoms with Gasteiger partial charge in [0.2, 0.25) is 0 Å². The van der Waals surface area contributed by atoms with Crippen molar-refractivity contribution in [2.75, 3.05) is 0 Å². The molecule has 9 heteroatoms. The van der Waals surface area contributed by atoms with Gasteiger partial charge in [-0.15, -0.1) is 0 Å². The van der Waals surface area contributed by atoms with E-state index in [0.29, 0.717) is 31.1 Å². The van der Waals surface area contributed by atoms with Crippen molar-refractivity contribution in [2.45, 2.75) is 150 Å². The first-order chi connectivity index (χ1) is 25.9. The molecule has 0 spiro atoms. The van der Waals surface area contributed by atoms with E-state index in [1.807, 2.05) is 45.9 Å². The molecule has 308 valence electrons. The maximum atomic E-state index is 13.2. The lowest BCUT2D eigenvalue weighted by Gasteiger charge is -2.29. The van der Waals surface area contributed by atoms with Gasteiger partial charge in [-0.05, 0) is 112 Å². The van der Waals surface area contributed by atoms with Crippen molar-refractivity contribution < 1.29 is 44.0 Å². The number of hydrogen-bond acceptors (Lipinski definition) is 9. The summed E-state index contributed by atoms with van der Waals surface area (Å²) in [5, 5.41) is 32.9. The fourth-order valence-electron chi connectivity index (χ4n) is 11.0. The number of unbranched alkanes of at least 4 members (excludes halogenated alkanes) is 1. The molecule has 1 aliphatic heterocycles. The Balaban J connectivity index is 0.000000194. The Bertz CT molecular complexity index is 1790. The first kappa shape index (κ1) is 42.6. The molecule has 9 nitrogen and oxygen atoms in total. The van der Waals surface area contributed by atoms with Crippen molar-refractivity contribution >= 4 is 23.3 Å². The van der Waals surface area contributed by atoms with E-state index in [0.717, 1.165) is 30.4 Å². The number of carbonyl (C=O) groups excluding carboxylic acids is 4. The number of ether oxygens (including phenoxy) is 2. The fourth-order valence-corrected chi connectivity index (χ4v) is 11.0. The quantitative estimate of drug-likeness (QED) is 0.0884. The maximum Gasteiger partial charge on any atom is 0.331 e. The van der Waals surface area contributed by atoms with E-state index in [2.05, 4.69) is 40.7 Å². The highest BCUT2D eigenvalue weighted by molar-refractivity contribution is 6.17. The minimum absolute atomic E-state index is 0.0305. The number of carbonyl (C=O) groups is 4. The van der Waals surface area contributed by atoms with Gasteiger partial charge in [0.15, 0.2) is 28.6 Å². The predicted octanol–water partition coefficient (Wildman–Crippen LogP) is 6.99. The lowest BCUT2D eigenvalue weighted by molar-refractivity contribution is -0.142. The molecule has 1 unspecified atom stereocenters. The molecule has 5 fully saturated rings. The predicted molar refractivity (Wildman–Crippen MR) is 214 cm³/mol. The Morgan fingerprint density at radius 2 is 1.64 bits per heavy atom. The van der Waals surface area contributed by atoms with Crippen molar-refractivity contribution in [1.82, 2.24) is 0 Å². The molecule has 0 radical (unpaired) electrons. The summed E-state index contributed by atoms with van der Waals surface area (Å²) in [6.45, 7) is 21.8. The molecule has 0 bridgehead atoms. The van der Waals surface area contributed by atoms with Gasteiger partial charge < -0.3 is 24.8 Å². The molecule has 4 saturated carbocycles. The van der Waals surface area contributed by atoms with Crippen LogP contribution in [-0.4, -0.2) is 73.8 Å². The zero-order valence-electron chi connectivity index (χ0n) is 35.4. The number of Topliss-reactive ketones (excluding diaryl/α,β-unsaturated/α-hetero) is 3. The largest absolute Gasteiger partial charge is 0.454 e. The number of ketones is 3. The van der Waals surface area contributed by atoms with Gasteiger partial charge in [0, 0.05) is 35.3 Å². The van der Waals surface area contributed by atoms with Gasteiger partial charge in [-0.1, -0.05) is 85.3 Å². The highest BCUT2D eigenvalue weighted by Crippen LogP contribution is 2.65. The second-order valence-corrected chi connectivity index (χ2v) is 20.0. The third kappa shape index (κ3) is 7.32. The topological polar surface area (TPSA) is 151 Å². The molecular formula is C47H66O9.